The first-order valence-electron chi connectivity index (χ1n) is 5.70. The number of nitrogens with zero attached hydrogens (tertiary/aromatic N) is 1. The molecule has 2 saturated heterocycles. The van der Waals surface area contributed by atoms with Crippen LogP contribution in [-0.4, -0.2) is 48.1 Å². The average Bonchev–Trinajstić information content (AvgIpc) is 2.41. The Hall–Kier alpha value is -0.810. The highest BCUT2D eigenvalue weighted by molar-refractivity contribution is 5.69. The van der Waals surface area contributed by atoms with Gasteiger partial charge in [0.15, 0.2) is 5.72 Å². The Morgan fingerprint density at radius 3 is 2.56 bits per heavy atom. The van der Waals surface area contributed by atoms with Crippen LogP contribution in [0.1, 0.15) is 27.7 Å². The summed E-state index contributed by atoms with van der Waals surface area (Å²) >= 11 is 0. The fourth-order valence-electron chi connectivity index (χ4n) is 2.01. The number of amides is 1. The molecule has 1 amide bonds. The fourth-order valence-corrected chi connectivity index (χ4v) is 2.01. The standard InChI is InChI=1S/C11H20N2O3/c1-8-5-12-11(15-8)6-13(7-11)9(14)16-10(2,3)4/h8,12H,5-7H2,1-4H3/t8-/m0/s1. The minimum absolute atomic E-state index is 0.223. The number of hydrogen-bond acceptors (Lipinski definition) is 4. The molecule has 2 heterocycles. The summed E-state index contributed by atoms with van der Waals surface area (Å²) in [5.74, 6) is 0. The van der Waals surface area contributed by atoms with Gasteiger partial charge in [-0.1, -0.05) is 0 Å². The van der Waals surface area contributed by atoms with E-state index in [1.807, 2.05) is 27.7 Å². The van der Waals surface area contributed by atoms with Gasteiger partial charge >= 0.3 is 6.09 Å². The molecule has 0 saturated carbocycles. The van der Waals surface area contributed by atoms with Gasteiger partial charge in [0, 0.05) is 6.54 Å². The average molecular weight is 228 g/mol. The van der Waals surface area contributed by atoms with E-state index in [1.165, 1.54) is 0 Å². The zero-order valence-electron chi connectivity index (χ0n) is 10.4. The summed E-state index contributed by atoms with van der Waals surface area (Å²) in [5.41, 5.74) is -0.743. The number of carbonyl (C=O) groups excluding carboxylic acids is 1. The lowest BCUT2D eigenvalue weighted by Crippen LogP contribution is -2.69. The highest BCUT2D eigenvalue weighted by Gasteiger charge is 2.51. The van der Waals surface area contributed by atoms with E-state index < -0.39 is 5.60 Å². The molecule has 1 atom stereocenters. The first kappa shape index (κ1) is 11.7. The normalized spacial score (nSPS) is 28.0. The Kier molecular flexibility index (Phi) is 2.62. The zero-order chi connectivity index (χ0) is 12.0. The molecule has 92 valence electrons. The summed E-state index contributed by atoms with van der Waals surface area (Å²) in [6.45, 7) is 9.63. The maximum atomic E-state index is 11.7. The van der Waals surface area contributed by atoms with E-state index in [4.69, 9.17) is 9.47 Å². The van der Waals surface area contributed by atoms with Crippen molar-refractivity contribution in [3.05, 3.63) is 0 Å². The SMILES string of the molecule is C[C@H]1CNC2(CN(C(=O)OC(C)(C)C)C2)O1. The Morgan fingerprint density at radius 2 is 2.12 bits per heavy atom. The predicted octanol–water partition coefficient (Wildman–Crippen LogP) is 0.942. The molecule has 1 spiro atoms. The van der Waals surface area contributed by atoms with E-state index in [0.29, 0.717) is 13.1 Å². The lowest BCUT2D eigenvalue weighted by Gasteiger charge is -2.46. The lowest BCUT2D eigenvalue weighted by atomic mass is 10.1. The molecule has 0 aromatic heterocycles. The highest BCUT2D eigenvalue weighted by Crippen LogP contribution is 2.29. The van der Waals surface area contributed by atoms with Crippen molar-refractivity contribution in [2.24, 2.45) is 0 Å². The lowest BCUT2D eigenvalue weighted by molar-refractivity contribution is -0.137. The number of nitrogens with one attached hydrogen (secondary N) is 1. The molecule has 0 aliphatic carbocycles. The number of ether oxygens (including phenoxy) is 2. The van der Waals surface area contributed by atoms with Crippen LogP contribution in [0.25, 0.3) is 0 Å². The van der Waals surface area contributed by atoms with E-state index in [9.17, 15) is 4.79 Å². The van der Waals surface area contributed by atoms with Crippen molar-refractivity contribution in [1.29, 1.82) is 0 Å². The van der Waals surface area contributed by atoms with Gasteiger partial charge in [0.2, 0.25) is 0 Å². The van der Waals surface area contributed by atoms with Crippen LogP contribution >= 0.6 is 0 Å². The van der Waals surface area contributed by atoms with Gasteiger partial charge in [-0.2, -0.15) is 0 Å². The van der Waals surface area contributed by atoms with E-state index >= 15 is 0 Å². The molecule has 2 rings (SSSR count). The first-order chi connectivity index (χ1) is 7.30. The van der Waals surface area contributed by atoms with Crippen LogP contribution in [0.2, 0.25) is 0 Å². The van der Waals surface area contributed by atoms with Crippen LogP contribution in [0.4, 0.5) is 4.79 Å². The Bertz CT molecular complexity index is 292. The zero-order valence-corrected chi connectivity index (χ0v) is 10.4. The van der Waals surface area contributed by atoms with Crippen molar-refractivity contribution in [2.75, 3.05) is 19.6 Å². The molecule has 2 fully saturated rings. The Labute approximate surface area is 96.1 Å². The van der Waals surface area contributed by atoms with E-state index in [-0.39, 0.29) is 17.9 Å². The molecule has 16 heavy (non-hydrogen) atoms. The summed E-state index contributed by atoms with van der Waals surface area (Å²) in [6, 6.07) is 0. The summed E-state index contributed by atoms with van der Waals surface area (Å²) < 4.78 is 11.0. The molecule has 5 heteroatoms. The maximum absolute atomic E-state index is 11.7. The molecule has 5 nitrogen and oxygen atoms in total. The summed E-state index contributed by atoms with van der Waals surface area (Å²) in [4.78, 5) is 13.3. The molecular formula is C11H20N2O3. The van der Waals surface area contributed by atoms with Crippen LogP contribution in [0.3, 0.4) is 0 Å². The van der Waals surface area contributed by atoms with Gasteiger partial charge in [-0.05, 0) is 27.7 Å². The van der Waals surface area contributed by atoms with Crippen molar-refractivity contribution < 1.29 is 14.3 Å². The summed E-state index contributed by atoms with van der Waals surface area (Å²) in [7, 11) is 0. The largest absolute Gasteiger partial charge is 0.444 e. The third kappa shape index (κ3) is 2.30. The monoisotopic (exact) mass is 228 g/mol. The number of carbonyl (C=O) groups is 1. The van der Waals surface area contributed by atoms with E-state index in [2.05, 4.69) is 5.32 Å². The Morgan fingerprint density at radius 1 is 1.50 bits per heavy atom. The number of likely N-dealkylation sites (tertiary alicyclic amines) is 1. The van der Waals surface area contributed by atoms with Crippen LogP contribution < -0.4 is 5.32 Å². The number of hydrogen-bond donors (Lipinski definition) is 1. The highest BCUT2D eigenvalue weighted by atomic mass is 16.6. The molecule has 0 bridgehead atoms. The minimum atomic E-state index is -0.433. The van der Waals surface area contributed by atoms with Gasteiger partial charge in [-0.3, -0.25) is 10.2 Å². The third-order valence-corrected chi connectivity index (χ3v) is 2.68. The quantitative estimate of drug-likeness (QED) is 0.670. The maximum Gasteiger partial charge on any atom is 0.410 e. The van der Waals surface area contributed by atoms with Gasteiger partial charge in [-0.25, -0.2) is 4.79 Å². The third-order valence-electron chi connectivity index (χ3n) is 2.68. The van der Waals surface area contributed by atoms with Crippen LogP contribution in [-0.2, 0) is 9.47 Å². The predicted molar refractivity (Wildman–Crippen MR) is 59.1 cm³/mol. The summed E-state index contributed by atoms with van der Waals surface area (Å²) in [6.07, 6.45) is -0.0381. The van der Waals surface area contributed by atoms with Crippen LogP contribution in [0.5, 0.6) is 0 Å². The van der Waals surface area contributed by atoms with Gasteiger partial charge in [0.25, 0.3) is 0 Å². The van der Waals surface area contributed by atoms with Gasteiger partial charge in [0.1, 0.15) is 5.60 Å². The molecular weight excluding hydrogens is 208 g/mol. The molecule has 0 aromatic rings. The van der Waals surface area contributed by atoms with E-state index in [0.717, 1.165) is 6.54 Å². The van der Waals surface area contributed by atoms with Crippen molar-refractivity contribution in [3.8, 4) is 0 Å². The molecule has 2 aliphatic heterocycles. The Balaban J connectivity index is 1.82. The van der Waals surface area contributed by atoms with Gasteiger partial charge < -0.3 is 9.47 Å². The van der Waals surface area contributed by atoms with Crippen molar-refractivity contribution in [1.82, 2.24) is 10.2 Å². The van der Waals surface area contributed by atoms with Crippen molar-refractivity contribution in [3.63, 3.8) is 0 Å². The molecule has 0 radical (unpaired) electrons. The second kappa shape index (κ2) is 3.60. The smallest absolute Gasteiger partial charge is 0.410 e. The molecule has 0 aromatic carbocycles. The van der Waals surface area contributed by atoms with Crippen LogP contribution in [0, 0.1) is 0 Å². The fraction of sp³-hybridized carbons (Fsp3) is 0.909. The second-order valence-corrected chi connectivity index (χ2v) is 5.64. The molecule has 2 aliphatic rings. The topological polar surface area (TPSA) is 50.8 Å². The number of rotatable bonds is 0. The van der Waals surface area contributed by atoms with Crippen molar-refractivity contribution >= 4 is 6.09 Å². The molecule has 0 unspecified atom stereocenters. The minimum Gasteiger partial charge on any atom is -0.444 e. The van der Waals surface area contributed by atoms with Crippen molar-refractivity contribution in [2.45, 2.75) is 45.1 Å². The summed E-state index contributed by atoms with van der Waals surface area (Å²) in [5, 5.41) is 3.30. The second-order valence-electron chi connectivity index (χ2n) is 5.64. The van der Waals surface area contributed by atoms with Crippen LogP contribution in [0.15, 0.2) is 0 Å². The first-order valence-corrected chi connectivity index (χ1v) is 5.70. The van der Waals surface area contributed by atoms with E-state index in [1.54, 1.807) is 4.90 Å². The van der Waals surface area contributed by atoms with Gasteiger partial charge in [-0.15, -0.1) is 0 Å². The molecule has 1 N–H and O–H groups in total. The van der Waals surface area contributed by atoms with Gasteiger partial charge in [0.05, 0.1) is 19.2 Å².